The Morgan fingerprint density at radius 3 is 2.52 bits per heavy atom. The van der Waals surface area contributed by atoms with Gasteiger partial charge in [-0.15, -0.1) is 0 Å². The zero-order chi connectivity index (χ0) is 22.4. The number of carbonyl (C=O) groups is 3. The van der Waals surface area contributed by atoms with E-state index in [1.54, 1.807) is 30.3 Å². The lowest BCUT2D eigenvalue weighted by Gasteiger charge is -2.06. The number of aryl methyl sites for hydroxylation is 1. The summed E-state index contributed by atoms with van der Waals surface area (Å²) in [6.07, 6.45) is 2.91. The summed E-state index contributed by atoms with van der Waals surface area (Å²) in [7, 11) is 0. The van der Waals surface area contributed by atoms with Gasteiger partial charge >= 0.3 is 5.97 Å². The van der Waals surface area contributed by atoms with Crippen molar-refractivity contribution < 1.29 is 19.1 Å². The predicted molar refractivity (Wildman–Crippen MR) is 118 cm³/mol. The summed E-state index contributed by atoms with van der Waals surface area (Å²) in [5.74, 6) is -1.24. The fourth-order valence-electron chi connectivity index (χ4n) is 3.07. The number of ether oxygens (including phenoxy) is 1. The van der Waals surface area contributed by atoms with E-state index in [0.29, 0.717) is 11.3 Å². The zero-order valence-corrected chi connectivity index (χ0v) is 17.6. The molecule has 0 saturated heterocycles. The Bertz CT molecular complexity index is 1150. The van der Waals surface area contributed by atoms with Crippen molar-refractivity contribution in [2.45, 2.75) is 20.8 Å². The van der Waals surface area contributed by atoms with Crippen LogP contribution in [0.1, 0.15) is 34.2 Å². The molecule has 0 atom stereocenters. The normalized spacial score (nSPS) is 10.8. The number of aromatic nitrogens is 2. The highest BCUT2D eigenvalue weighted by Crippen LogP contribution is 2.19. The van der Waals surface area contributed by atoms with Gasteiger partial charge in [0.15, 0.2) is 12.4 Å². The van der Waals surface area contributed by atoms with Crippen molar-refractivity contribution in [1.82, 2.24) is 9.78 Å². The highest BCUT2D eigenvalue weighted by atomic mass is 16.5. The third-order valence-electron chi connectivity index (χ3n) is 4.63. The van der Waals surface area contributed by atoms with E-state index in [-0.39, 0.29) is 5.78 Å². The monoisotopic (exact) mass is 417 g/mol. The molecule has 158 valence electrons. The summed E-state index contributed by atoms with van der Waals surface area (Å²) in [6.45, 7) is 4.79. The first kappa shape index (κ1) is 21.7. The van der Waals surface area contributed by atoms with E-state index in [1.807, 2.05) is 48.9 Å². The third kappa shape index (κ3) is 5.54. The molecule has 0 fully saturated rings. The molecule has 7 heteroatoms. The lowest BCUT2D eigenvalue weighted by atomic mass is 10.1. The Morgan fingerprint density at radius 1 is 1.06 bits per heavy atom. The molecule has 7 nitrogen and oxygen atoms in total. The smallest absolute Gasteiger partial charge is 0.331 e. The van der Waals surface area contributed by atoms with E-state index in [4.69, 9.17) is 4.74 Å². The number of rotatable bonds is 7. The number of amides is 1. The number of para-hydroxylation sites is 1. The van der Waals surface area contributed by atoms with E-state index in [2.05, 4.69) is 10.4 Å². The molecule has 0 unspecified atom stereocenters. The minimum atomic E-state index is -0.640. The van der Waals surface area contributed by atoms with Gasteiger partial charge in [-0.2, -0.15) is 5.10 Å². The molecule has 0 bridgehead atoms. The fraction of sp³-hybridized carbons (Fsp3) is 0.167. The van der Waals surface area contributed by atoms with Crippen LogP contribution in [0.5, 0.6) is 0 Å². The third-order valence-corrected chi connectivity index (χ3v) is 4.63. The molecule has 0 spiro atoms. The highest BCUT2D eigenvalue weighted by molar-refractivity contribution is 5.98. The van der Waals surface area contributed by atoms with Crippen LogP contribution in [0.2, 0.25) is 0 Å². The maximum Gasteiger partial charge on any atom is 0.331 e. The first-order valence-corrected chi connectivity index (χ1v) is 9.72. The van der Waals surface area contributed by atoms with Crippen LogP contribution in [0.3, 0.4) is 0 Å². The molecule has 31 heavy (non-hydrogen) atoms. The second kappa shape index (κ2) is 9.67. The molecule has 0 aliphatic carbocycles. The lowest BCUT2D eigenvalue weighted by Crippen LogP contribution is -2.20. The average Bonchev–Trinajstić information content (AvgIpc) is 3.05. The SMILES string of the molecule is CC(=O)c1cccc(NC(=O)COC(=O)C=Cc2c(C)nn(-c3ccccc3)c2C)c1. The molecule has 0 radical (unpaired) electrons. The number of esters is 1. The van der Waals surface area contributed by atoms with Crippen molar-refractivity contribution in [3.63, 3.8) is 0 Å². The first-order valence-electron chi connectivity index (χ1n) is 9.72. The molecule has 2 aromatic carbocycles. The number of hydrogen-bond acceptors (Lipinski definition) is 5. The molecular formula is C24H23N3O4. The van der Waals surface area contributed by atoms with E-state index < -0.39 is 18.5 Å². The summed E-state index contributed by atoms with van der Waals surface area (Å²) in [5, 5.41) is 7.12. The van der Waals surface area contributed by atoms with Crippen molar-refractivity contribution in [2.24, 2.45) is 0 Å². The van der Waals surface area contributed by atoms with Gasteiger partial charge in [0, 0.05) is 28.6 Å². The lowest BCUT2D eigenvalue weighted by molar-refractivity contribution is -0.142. The number of ketones is 1. The summed E-state index contributed by atoms with van der Waals surface area (Å²) < 4.78 is 6.82. The van der Waals surface area contributed by atoms with Crippen molar-refractivity contribution in [1.29, 1.82) is 0 Å². The quantitative estimate of drug-likeness (QED) is 0.358. The van der Waals surface area contributed by atoms with Crippen LogP contribution in [0.15, 0.2) is 60.7 Å². The van der Waals surface area contributed by atoms with Crippen LogP contribution >= 0.6 is 0 Å². The molecule has 0 saturated carbocycles. The van der Waals surface area contributed by atoms with Gasteiger partial charge in [0.1, 0.15) is 0 Å². The first-order chi connectivity index (χ1) is 14.8. The molecule has 0 aliphatic heterocycles. The molecule has 1 amide bonds. The Balaban J connectivity index is 1.59. The van der Waals surface area contributed by atoms with Gasteiger partial charge in [0.2, 0.25) is 0 Å². The second-order valence-electron chi connectivity index (χ2n) is 6.96. The van der Waals surface area contributed by atoms with Gasteiger partial charge in [-0.3, -0.25) is 9.59 Å². The largest absolute Gasteiger partial charge is 0.452 e. The summed E-state index contributed by atoms with van der Waals surface area (Å²) in [5.41, 5.74) is 4.34. The summed E-state index contributed by atoms with van der Waals surface area (Å²) >= 11 is 0. The number of Topliss-reactive ketones (excluding diaryl/α,β-unsaturated/α-hetero) is 1. The highest BCUT2D eigenvalue weighted by Gasteiger charge is 2.12. The van der Waals surface area contributed by atoms with Crippen LogP contribution < -0.4 is 5.32 Å². The number of benzene rings is 2. The molecule has 0 aliphatic rings. The fourth-order valence-corrected chi connectivity index (χ4v) is 3.07. The molecular weight excluding hydrogens is 394 g/mol. The van der Waals surface area contributed by atoms with Crippen molar-refractivity contribution in [3.8, 4) is 5.69 Å². The van der Waals surface area contributed by atoms with E-state index >= 15 is 0 Å². The van der Waals surface area contributed by atoms with Crippen molar-refractivity contribution >= 4 is 29.4 Å². The van der Waals surface area contributed by atoms with E-state index in [0.717, 1.165) is 22.6 Å². The minimum Gasteiger partial charge on any atom is -0.452 e. The topological polar surface area (TPSA) is 90.3 Å². The number of nitrogens with one attached hydrogen (secondary N) is 1. The molecule has 1 N–H and O–H groups in total. The van der Waals surface area contributed by atoms with Gasteiger partial charge in [-0.25, -0.2) is 9.48 Å². The van der Waals surface area contributed by atoms with Crippen LogP contribution in [0.4, 0.5) is 5.69 Å². The van der Waals surface area contributed by atoms with Crippen LogP contribution in [-0.4, -0.2) is 34.0 Å². The maximum absolute atomic E-state index is 12.1. The number of hydrogen-bond donors (Lipinski definition) is 1. The molecule has 1 aromatic heterocycles. The molecule has 3 aromatic rings. The van der Waals surface area contributed by atoms with Crippen LogP contribution in [0, 0.1) is 13.8 Å². The zero-order valence-electron chi connectivity index (χ0n) is 17.6. The van der Waals surface area contributed by atoms with Gasteiger partial charge in [-0.1, -0.05) is 30.3 Å². The molecule has 3 rings (SSSR count). The Hall–Kier alpha value is -4.00. The minimum absolute atomic E-state index is 0.103. The number of carbonyl (C=O) groups excluding carboxylic acids is 3. The summed E-state index contributed by atoms with van der Waals surface area (Å²) in [4.78, 5) is 35.5. The van der Waals surface area contributed by atoms with Gasteiger partial charge < -0.3 is 10.1 Å². The molecule has 1 heterocycles. The maximum atomic E-state index is 12.1. The number of anilines is 1. The number of nitrogens with zero attached hydrogens (tertiary/aromatic N) is 2. The predicted octanol–water partition coefficient (Wildman–Crippen LogP) is 3.89. The second-order valence-corrected chi connectivity index (χ2v) is 6.96. The van der Waals surface area contributed by atoms with E-state index in [9.17, 15) is 14.4 Å². The van der Waals surface area contributed by atoms with Crippen molar-refractivity contribution in [2.75, 3.05) is 11.9 Å². The van der Waals surface area contributed by atoms with Crippen LogP contribution in [-0.2, 0) is 14.3 Å². The van der Waals surface area contributed by atoms with Crippen molar-refractivity contribution in [3.05, 3.63) is 83.2 Å². The van der Waals surface area contributed by atoms with Crippen LogP contribution in [0.25, 0.3) is 11.8 Å². The average molecular weight is 417 g/mol. The Labute approximate surface area is 180 Å². The Morgan fingerprint density at radius 2 is 1.81 bits per heavy atom. The van der Waals surface area contributed by atoms with E-state index in [1.165, 1.54) is 13.0 Å². The van der Waals surface area contributed by atoms with Gasteiger partial charge in [-0.05, 0) is 51.1 Å². The van der Waals surface area contributed by atoms with Gasteiger partial charge in [0.25, 0.3) is 5.91 Å². The summed E-state index contributed by atoms with van der Waals surface area (Å²) in [6, 6.07) is 16.2. The van der Waals surface area contributed by atoms with Gasteiger partial charge in [0.05, 0.1) is 11.4 Å². The Kier molecular flexibility index (Phi) is 6.77. The standard InChI is InChI=1S/C24H23N3O4/c1-16-22(17(2)27(26-16)21-10-5-4-6-11-21)12-13-24(30)31-15-23(29)25-20-9-7-8-19(14-20)18(3)28/h4-14H,15H2,1-3H3,(H,25,29).